The summed E-state index contributed by atoms with van der Waals surface area (Å²) in [5, 5.41) is 17.6. The lowest BCUT2D eigenvalue weighted by molar-refractivity contribution is -0.132. The van der Waals surface area contributed by atoms with E-state index in [4.69, 9.17) is 10.2 Å². The molecule has 0 spiro atoms. The Bertz CT molecular complexity index is 1320. The molecule has 34 heavy (non-hydrogen) atoms. The van der Waals surface area contributed by atoms with Crippen LogP contribution in [0.2, 0.25) is 0 Å². The fraction of sp³-hybridized carbons (Fsp3) is 0. The van der Waals surface area contributed by atoms with Crippen LogP contribution in [-0.4, -0.2) is 32.1 Å². The first-order valence-corrected chi connectivity index (χ1v) is 10.3. The molecule has 4 aromatic rings. The van der Waals surface area contributed by atoms with Crippen molar-refractivity contribution < 1.29 is 24.2 Å². The number of hydrogen-bond acceptors (Lipinski definition) is 3. The zero-order valence-electron chi connectivity index (χ0n) is 17.8. The highest BCUT2D eigenvalue weighted by atomic mass is 19.1. The van der Waals surface area contributed by atoms with Crippen molar-refractivity contribution in [3.8, 4) is 33.9 Å². The Morgan fingerprint density at radius 1 is 0.765 bits per heavy atom. The van der Waals surface area contributed by atoms with Crippen molar-refractivity contribution in [2.24, 2.45) is 0 Å². The summed E-state index contributed by atoms with van der Waals surface area (Å²) in [6.07, 6.45) is 5.11. The second-order valence-electron chi connectivity index (χ2n) is 7.38. The van der Waals surface area contributed by atoms with E-state index >= 15 is 0 Å². The van der Waals surface area contributed by atoms with Gasteiger partial charge in [-0.3, -0.25) is 0 Å². The number of aliphatic carboxylic acids is 2. The number of imidazole rings is 1. The van der Waals surface area contributed by atoms with Gasteiger partial charge in [0, 0.05) is 23.3 Å². The summed E-state index contributed by atoms with van der Waals surface area (Å²) >= 11 is 0. The quantitative estimate of drug-likeness (QED) is 0.309. The van der Waals surface area contributed by atoms with E-state index in [0.717, 1.165) is 28.8 Å². The number of carboxylic acids is 2. The zero-order valence-corrected chi connectivity index (χ0v) is 17.8. The van der Waals surface area contributed by atoms with E-state index in [2.05, 4.69) is 9.97 Å². The van der Waals surface area contributed by atoms with Crippen molar-refractivity contribution in [2.45, 2.75) is 0 Å². The maximum atomic E-state index is 14.5. The summed E-state index contributed by atoms with van der Waals surface area (Å²) in [7, 11) is 0. The number of benzene rings is 3. The molecule has 7 heteroatoms. The fourth-order valence-electron chi connectivity index (χ4n) is 3.42. The van der Waals surface area contributed by atoms with E-state index in [1.807, 2.05) is 24.3 Å². The number of H-pyrrole nitrogens is 1. The summed E-state index contributed by atoms with van der Waals surface area (Å²) < 4.78 is 14.5. The molecule has 168 valence electrons. The fourth-order valence-corrected chi connectivity index (χ4v) is 3.42. The van der Waals surface area contributed by atoms with E-state index in [0.29, 0.717) is 28.3 Å². The number of carbonyl (C=O) groups is 2. The number of nitrogens with zero attached hydrogens (tertiary/aromatic N) is 1. The van der Waals surface area contributed by atoms with E-state index in [1.54, 1.807) is 42.5 Å². The number of halogens is 1. The van der Waals surface area contributed by atoms with Crippen molar-refractivity contribution in [1.29, 1.82) is 0 Å². The van der Waals surface area contributed by atoms with E-state index < -0.39 is 17.8 Å². The molecule has 0 amide bonds. The molecule has 0 aliphatic carbocycles. The van der Waals surface area contributed by atoms with E-state index in [-0.39, 0.29) is 0 Å². The van der Waals surface area contributed by atoms with Gasteiger partial charge in [-0.1, -0.05) is 60.7 Å². The Labute approximate surface area is 194 Å². The lowest BCUT2D eigenvalue weighted by atomic mass is 10.0. The van der Waals surface area contributed by atoms with Gasteiger partial charge in [-0.15, -0.1) is 0 Å². The normalized spacial score (nSPS) is 11.3. The average Bonchev–Trinajstić information content (AvgIpc) is 3.27. The van der Waals surface area contributed by atoms with Gasteiger partial charge in [-0.25, -0.2) is 19.0 Å². The molecule has 0 aliphatic rings. The number of nitrogens with one attached hydrogen (secondary N) is 1. The zero-order chi connectivity index (χ0) is 24.1. The van der Waals surface area contributed by atoms with Gasteiger partial charge in [-0.2, -0.15) is 0 Å². The van der Waals surface area contributed by atoms with Crippen molar-refractivity contribution in [1.82, 2.24) is 9.97 Å². The molecule has 0 unspecified atom stereocenters. The van der Waals surface area contributed by atoms with Gasteiger partial charge in [-0.05, 0) is 35.4 Å². The van der Waals surface area contributed by atoms with Gasteiger partial charge in [0.25, 0.3) is 0 Å². The van der Waals surface area contributed by atoms with Gasteiger partial charge < -0.3 is 15.2 Å². The molecule has 0 aliphatic heterocycles. The van der Waals surface area contributed by atoms with Crippen molar-refractivity contribution in [3.05, 3.63) is 102 Å². The molecule has 0 bridgehead atoms. The molecule has 4 rings (SSSR count). The smallest absolute Gasteiger partial charge is 0.328 e. The topological polar surface area (TPSA) is 103 Å². The Morgan fingerprint density at radius 2 is 1.29 bits per heavy atom. The summed E-state index contributed by atoms with van der Waals surface area (Å²) in [5.74, 6) is -2.10. The van der Waals surface area contributed by atoms with Crippen LogP contribution in [0, 0.1) is 5.82 Å². The first kappa shape index (κ1) is 22.4. The van der Waals surface area contributed by atoms with Gasteiger partial charge in [0.05, 0.1) is 17.0 Å². The maximum absolute atomic E-state index is 14.5. The molecule has 3 aromatic carbocycles. The SMILES string of the molecule is O=C(O)C=Cc1ccc(-c2nc(-c3ccccc3F)[nH]c2-c2ccc(C=CC(=O)O)cc2)cc1. The van der Waals surface area contributed by atoms with Crippen LogP contribution >= 0.6 is 0 Å². The lowest BCUT2D eigenvalue weighted by Crippen LogP contribution is -1.87. The molecule has 1 heterocycles. The van der Waals surface area contributed by atoms with Crippen LogP contribution in [0.25, 0.3) is 46.1 Å². The first-order valence-electron chi connectivity index (χ1n) is 10.3. The van der Waals surface area contributed by atoms with Crippen LogP contribution in [0.5, 0.6) is 0 Å². The standard InChI is InChI=1S/C27H19FN2O4/c28-22-4-2-1-3-21(22)27-29-25(19-11-5-17(6-12-19)9-15-23(31)32)26(30-27)20-13-7-18(8-14-20)10-16-24(33)34/h1-16H,(H,29,30)(H,31,32)(H,33,34). The molecule has 0 radical (unpaired) electrons. The Balaban J connectivity index is 1.78. The predicted octanol–water partition coefficient (Wildman–Crippen LogP) is 5.75. The molecular weight excluding hydrogens is 435 g/mol. The predicted molar refractivity (Wildman–Crippen MR) is 128 cm³/mol. The lowest BCUT2D eigenvalue weighted by Gasteiger charge is -2.05. The molecule has 0 saturated carbocycles. The average molecular weight is 454 g/mol. The number of carboxylic acid groups (broad SMARTS) is 2. The summed E-state index contributed by atoms with van der Waals surface area (Å²) in [4.78, 5) is 29.4. The van der Waals surface area contributed by atoms with Gasteiger partial charge in [0.1, 0.15) is 11.6 Å². The summed E-state index contributed by atoms with van der Waals surface area (Å²) in [5.41, 5.74) is 4.57. The van der Waals surface area contributed by atoms with Crippen molar-refractivity contribution >= 4 is 24.1 Å². The van der Waals surface area contributed by atoms with Crippen LogP contribution < -0.4 is 0 Å². The van der Waals surface area contributed by atoms with Crippen molar-refractivity contribution in [3.63, 3.8) is 0 Å². The first-order chi connectivity index (χ1) is 16.4. The third-order valence-corrected chi connectivity index (χ3v) is 5.05. The second-order valence-corrected chi connectivity index (χ2v) is 7.38. The number of rotatable bonds is 7. The molecule has 1 aromatic heterocycles. The maximum Gasteiger partial charge on any atom is 0.328 e. The van der Waals surface area contributed by atoms with Crippen LogP contribution in [0.15, 0.2) is 84.9 Å². The van der Waals surface area contributed by atoms with Crippen molar-refractivity contribution in [2.75, 3.05) is 0 Å². The highest BCUT2D eigenvalue weighted by molar-refractivity contribution is 5.87. The van der Waals surface area contributed by atoms with Crippen LogP contribution in [0.3, 0.4) is 0 Å². The second kappa shape index (κ2) is 9.79. The number of aromatic amines is 1. The third kappa shape index (κ3) is 5.16. The largest absolute Gasteiger partial charge is 0.478 e. The van der Waals surface area contributed by atoms with E-state index in [1.165, 1.54) is 18.2 Å². The van der Waals surface area contributed by atoms with E-state index in [9.17, 15) is 14.0 Å². The molecule has 0 fully saturated rings. The van der Waals surface area contributed by atoms with Crippen LogP contribution in [-0.2, 0) is 9.59 Å². The minimum absolute atomic E-state index is 0.331. The van der Waals surface area contributed by atoms with Crippen LogP contribution in [0.4, 0.5) is 4.39 Å². The van der Waals surface area contributed by atoms with Gasteiger partial charge in [0.15, 0.2) is 0 Å². The number of hydrogen-bond donors (Lipinski definition) is 3. The Morgan fingerprint density at radius 3 is 1.82 bits per heavy atom. The van der Waals surface area contributed by atoms with Gasteiger partial charge >= 0.3 is 11.9 Å². The Kier molecular flexibility index (Phi) is 6.45. The highest BCUT2D eigenvalue weighted by Gasteiger charge is 2.17. The molecule has 0 atom stereocenters. The highest BCUT2D eigenvalue weighted by Crippen LogP contribution is 2.34. The number of aromatic nitrogens is 2. The third-order valence-electron chi connectivity index (χ3n) is 5.05. The molecule has 3 N–H and O–H groups in total. The summed E-state index contributed by atoms with van der Waals surface area (Å²) in [6, 6.07) is 20.7. The molecule has 0 saturated heterocycles. The van der Waals surface area contributed by atoms with Crippen LogP contribution in [0.1, 0.15) is 11.1 Å². The van der Waals surface area contributed by atoms with Gasteiger partial charge in [0.2, 0.25) is 0 Å². The Hall–Kier alpha value is -4.78. The summed E-state index contributed by atoms with van der Waals surface area (Å²) in [6.45, 7) is 0. The minimum atomic E-state index is -1.03. The molecular formula is C27H19FN2O4. The monoisotopic (exact) mass is 454 g/mol. The molecule has 6 nitrogen and oxygen atoms in total. The minimum Gasteiger partial charge on any atom is -0.478 e.